The Hall–Kier alpha value is -0.250. The van der Waals surface area contributed by atoms with Crippen molar-refractivity contribution in [2.45, 2.75) is 37.8 Å². The van der Waals surface area contributed by atoms with E-state index in [9.17, 15) is 0 Å². The molecule has 0 atom stereocenters. The van der Waals surface area contributed by atoms with Gasteiger partial charge in [-0.2, -0.15) is 0 Å². The van der Waals surface area contributed by atoms with Gasteiger partial charge in [-0.05, 0) is 43.9 Å². The second-order valence-corrected chi connectivity index (χ2v) is 5.55. The molecule has 1 saturated carbocycles. The quantitative estimate of drug-likeness (QED) is 0.903. The zero-order chi connectivity index (χ0) is 11.5. The van der Waals surface area contributed by atoms with Gasteiger partial charge in [-0.1, -0.05) is 27.5 Å². The first-order chi connectivity index (χ1) is 7.65. The summed E-state index contributed by atoms with van der Waals surface area (Å²) < 4.78 is 6.88. The number of hydrogen-bond acceptors (Lipinski definition) is 2. The summed E-state index contributed by atoms with van der Waals surface area (Å²) in [5.74, 6) is 0.761. The summed E-state index contributed by atoms with van der Waals surface area (Å²) in [6.45, 7) is 0. The summed E-state index contributed by atoms with van der Waals surface area (Å²) in [4.78, 5) is 0. The molecule has 2 N–H and O–H groups in total. The van der Waals surface area contributed by atoms with Gasteiger partial charge in [-0.25, -0.2) is 0 Å². The maximum absolute atomic E-state index is 6.07. The molecule has 0 aromatic heterocycles. The second kappa shape index (κ2) is 5.39. The minimum absolute atomic E-state index is 0.256. The van der Waals surface area contributed by atoms with Crippen molar-refractivity contribution >= 4 is 27.5 Å². The molecule has 0 aliphatic heterocycles. The van der Waals surface area contributed by atoms with Crippen LogP contribution >= 0.6 is 27.5 Å². The minimum atomic E-state index is 0.256. The number of nitrogens with two attached hydrogens (primary N) is 1. The zero-order valence-electron chi connectivity index (χ0n) is 8.96. The maximum Gasteiger partial charge on any atom is 0.139 e. The molecule has 2 nitrogen and oxygen atoms in total. The average molecular weight is 305 g/mol. The molecule has 0 spiro atoms. The lowest BCUT2D eigenvalue weighted by Gasteiger charge is -2.27. The molecule has 1 aromatic rings. The molecule has 0 saturated heterocycles. The fourth-order valence-corrected chi connectivity index (χ4v) is 2.46. The predicted octanol–water partition coefficient (Wildman–Crippen LogP) is 3.75. The monoisotopic (exact) mass is 303 g/mol. The van der Waals surface area contributed by atoms with Crippen molar-refractivity contribution in [1.29, 1.82) is 0 Å². The molecule has 1 aromatic carbocycles. The lowest BCUT2D eigenvalue weighted by molar-refractivity contribution is 0.147. The molecule has 16 heavy (non-hydrogen) atoms. The number of ether oxygens (including phenoxy) is 1. The van der Waals surface area contributed by atoms with Crippen molar-refractivity contribution in [3.8, 4) is 5.75 Å². The first kappa shape index (κ1) is 12.2. The van der Waals surface area contributed by atoms with Crippen molar-refractivity contribution < 1.29 is 4.74 Å². The largest absolute Gasteiger partial charge is 0.489 e. The van der Waals surface area contributed by atoms with Crippen LogP contribution in [0.2, 0.25) is 5.02 Å². The van der Waals surface area contributed by atoms with Crippen molar-refractivity contribution in [3.63, 3.8) is 0 Å². The predicted molar refractivity (Wildman–Crippen MR) is 70.0 cm³/mol. The molecule has 4 heteroatoms. The topological polar surface area (TPSA) is 35.2 Å². The molecular formula is C12H15BrClNO. The Balaban J connectivity index is 2.00. The van der Waals surface area contributed by atoms with Gasteiger partial charge in [0.05, 0.1) is 11.1 Å². The summed E-state index contributed by atoms with van der Waals surface area (Å²) >= 11 is 9.49. The number of halogens is 2. The lowest BCUT2D eigenvalue weighted by atomic mass is 9.94. The Kier molecular flexibility index (Phi) is 4.11. The first-order valence-corrected chi connectivity index (χ1v) is 6.69. The van der Waals surface area contributed by atoms with Crippen LogP contribution in [-0.4, -0.2) is 12.1 Å². The third-order valence-electron chi connectivity index (χ3n) is 2.91. The van der Waals surface area contributed by atoms with Crippen LogP contribution in [0.3, 0.4) is 0 Å². The summed E-state index contributed by atoms with van der Waals surface area (Å²) in [6, 6.07) is 6.01. The minimum Gasteiger partial charge on any atom is -0.489 e. The van der Waals surface area contributed by atoms with Crippen LogP contribution in [0.4, 0.5) is 0 Å². The second-order valence-electron chi connectivity index (χ2n) is 4.23. The molecule has 1 fully saturated rings. The molecule has 1 aliphatic carbocycles. The van der Waals surface area contributed by atoms with Gasteiger partial charge in [0.15, 0.2) is 0 Å². The van der Waals surface area contributed by atoms with Crippen molar-refractivity contribution in [1.82, 2.24) is 0 Å². The van der Waals surface area contributed by atoms with E-state index in [1.54, 1.807) is 0 Å². The van der Waals surface area contributed by atoms with Gasteiger partial charge in [-0.15, -0.1) is 0 Å². The molecule has 1 aliphatic rings. The van der Waals surface area contributed by atoms with E-state index in [0.29, 0.717) is 11.1 Å². The average Bonchev–Trinajstić information content (AvgIpc) is 2.27. The Morgan fingerprint density at radius 2 is 1.94 bits per heavy atom. The summed E-state index contributed by atoms with van der Waals surface area (Å²) in [5.41, 5.74) is 5.86. The van der Waals surface area contributed by atoms with Crippen LogP contribution in [0.25, 0.3) is 0 Å². The smallest absolute Gasteiger partial charge is 0.139 e. The number of rotatable bonds is 2. The molecule has 0 bridgehead atoms. The molecule has 0 amide bonds. The highest BCUT2D eigenvalue weighted by molar-refractivity contribution is 9.10. The Morgan fingerprint density at radius 1 is 1.25 bits per heavy atom. The van der Waals surface area contributed by atoms with Crippen LogP contribution in [0, 0.1) is 0 Å². The van der Waals surface area contributed by atoms with Gasteiger partial charge in [0.1, 0.15) is 5.75 Å². The van der Waals surface area contributed by atoms with Gasteiger partial charge >= 0.3 is 0 Å². The van der Waals surface area contributed by atoms with E-state index >= 15 is 0 Å². The highest BCUT2D eigenvalue weighted by atomic mass is 79.9. The van der Waals surface area contributed by atoms with Crippen molar-refractivity contribution in [2.75, 3.05) is 0 Å². The molecule has 0 radical (unpaired) electrons. The van der Waals surface area contributed by atoms with Gasteiger partial charge < -0.3 is 10.5 Å². The number of benzene rings is 1. The lowest BCUT2D eigenvalue weighted by Crippen LogP contribution is -2.31. The first-order valence-electron chi connectivity index (χ1n) is 5.52. The highest BCUT2D eigenvalue weighted by Gasteiger charge is 2.20. The van der Waals surface area contributed by atoms with Crippen molar-refractivity contribution in [2.24, 2.45) is 5.73 Å². The fraction of sp³-hybridized carbons (Fsp3) is 0.500. The van der Waals surface area contributed by atoms with E-state index in [-0.39, 0.29) is 6.10 Å². The molecular weight excluding hydrogens is 289 g/mol. The standard InChI is InChI=1S/C12H15BrClNO/c13-8-1-6-11(14)12(7-8)16-10-4-2-9(15)3-5-10/h1,6-7,9-10H,2-5,15H2. The summed E-state index contributed by atoms with van der Waals surface area (Å²) in [5, 5.41) is 0.665. The third-order valence-corrected chi connectivity index (χ3v) is 3.71. The van der Waals surface area contributed by atoms with Gasteiger partial charge in [0, 0.05) is 10.5 Å². The molecule has 88 valence electrons. The highest BCUT2D eigenvalue weighted by Crippen LogP contribution is 2.31. The maximum atomic E-state index is 6.07. The zero-order valence-corrected chi connectivity index (χ0v) is 11.3. The summed E-state index contributed by atoms with van der Waals surface area (Å²) in [7, 11) is 0. The van der Waals surface area contributed by atoms with Crippen LogP contribution in [0.1, 0.15) is 25.7 Å². The van der Waals surface area contributed by atoms with E-state index in [1.165, 1.54) is 0 Å². The SMILES string of the molecule is NC1CCC(Oc2cc(Br)ccc2Cl)CC1. The van der Waals surface area contributed by atoms with E-state index in [1.807, 2.05) is 18.2 Å². The fourth-order valence-electron chi connectivity index (χ4n) is 1.95. The van der Waals surface area contributed by atoms with Gasteiger partial charge in [-0.3, -0.25) is 0 Å². The molecule has 0 heterocycles. The Bertz CT molecular complexity index is 364. The van der Waals surface area contributed by atoms with Crippen molar-refractivity contribution in [3.05, 3.63) is 27.7 Å². The Morgan fingerprint density at radius 3 is 2.62 bits per heavy atom. The van der Waals surface area contributed by atoms with E-state index < -0.39 is 0 Å². The van der Waals surface area contributed by atoms with Crippen LogP contribution in [0.15, 0.2) is 22.7 Å². The Labute approximate surface area is 109 Å². The summed E-state index contributed by atoms with van der Waals surface area (Å²) in [6.07, 6.45) is 4.37. The van der Waals surface area contributed by atoms with E-state index in [0.717, 1.165) is 35.9 Å². The van der Waals surface area contributed by atoms with Crippen LogP contribution in [0.5, 0.6) is 5.75 Å². The number of hydrogen-bond donors (Lipinski definition) is 1. The van der Waals surface area contributed by atoms with E-state index in [4.69, 9.17) is 22.1 Å². The van der Waals surface area contributed by atoms with Gasteiger partial charge in [0.25, 0.3) is 0 Å². The molecule has 0 unspecified atom stereocenters. The van der Waals surface area contributed by atoms with Crippen LogP contribution < -0.4 is 10.5 Å². The normalized spacial score (nSPS) is 25.4. The van der Waals surface area contributed by atoms with E-state index in [2.05, 4.69) is 15.9 Å². The molecule has 2 rings (SSSR count). The third kappa shape index (κ3) is 3.12. The van der Waals surface area contributed by atoms with Gasteiger partial charge in [0.2, 0.25) is 0 Å². The van der Waals surface area contributed by atoms with Crippen LogP contribution in [-0.2, 0) is 0 Å².